The smallest absolute Gasteiger partial charge is 0.423 e. The lowest BCUT2D eigenvalue weighted by Crippen LogP contribution is -2.55. The maximum absolute atomic E-state index is 13.6. The van der Waals surface area contributed by atoms with Gasteiger partial charge in [-0.1, -0.05) is 11.6 Å². The monoisotopic (exact) mass is 925 g/mol. The number of carbonyl (C=O) groups is 3. The summed E-state index contributed by atoms with van der Waals surface area (Å²) in [6, 6.07) is 1.91. The molecule has 3 N–H and O–H groups in total. The van der Waals surface area contributed by atoms with Crippen LogP contribution in [0.2, 0.25) is 5.02 Å². The fraction of sp³-hybridized carbons (Fsp3) is 0.543. The number of nitrogen functional groups attached to an aromatic ring is 1. The zero-order valence-corrected chi connectivity index (χ0v) is 35.5. The Kier molecular flexibility index (Phi) is 11.7. The van der Waals surface area contributed by atoms with Crippen LogP contribution in [0.4, 0.5) is 15.4 Å². The van der Waals surface area contributed by atoms with Crippen molar-refractivity contribution in [3.63, 3.8) is 0 Å². The van der Waals surface area contributed by atoms with Gasteiger partial charge in [0, 0.05) is 17.4 Å². The van der Waals surface area contributed by atoms with Crippen molar-refractivity contribution in [3.8, 4) is 0 Å². The lowest BCUT2D eigenvalue weighted by Gasteiger charge is -2.40. The van der Waals surface area contributed by atoms with Crippen molar-refractivity contribution in [2.75, 3.05) is 18.9 Å². The van der Waals surface area contributed by atoms with E-state index in [1.165, 1.54) is 29.9 Å². The lowest BCUT2D eigenvalue weighted by atomic mass is 9.94. The Morgan fingerprint density at radius 2 is 1.85 bits per heavy atom. The standard InChI is InChI=1S/C35H41BrClN9O12S/c1-34(2,3)58-33(50)45-8-6-7-23(22(45)9-17(47)12-44-15-41-21-11-19(36)20(37)10-18(21)30(44)48)55-32(49)43-59(51,52)53-13-24-26-27(57-35(4,5)56-26)31(54-24)46-16-42-25-28(38)39-14-40-29(25)46/h10-11,14-16,22-24,26-27,31H,6-9,12-13H2,1-5H3,(H,43,49)(H2,38,39,40)/t22-,23+,24+,26+,27+,31+/m0/s1. The van der Waals surface area contributed by atoms with E-state index in [1.807, 2.05) is 0 Å². The Morgan fingerprint density at radius 1 is 1.10 bits per heavy atom. The summed E-state index contributed by atoms with van der Waals surface area (Å²) in [5.41, 5.74) is 5.55. The van der Waals surface area contributed by atoms with E-state index in [2.05, 4.69) is 35.9 Å². The number of nitrogens with one attached hydrogen (secondary N) is 1. The van der Waals surface area contributed by atoms with E-state index in [-0.39, 0.29) is 29.2 Å². The number of carbonyl (C=O) groups excluding carboxylic acids is 3. The van der Waals surface area contributed by atoms with E-state index >= 15 is 0 Å². The van der Waals surface area contributed by atoms with Crippen molar-refractivity contribution in [3.05, 3.63) is 51.0 Å². The first-order chi connectivity index (χ1) is 27.7. The number of ether oxygens (including phenoxy) is 5. The zero-order valence-electron chi connectivity index (χ0n) is 32.4. The third-order valence-electron chi connectivity index (χ3n) is 9.64. The predicted molar refractivity (Wildman–Crippen MR) is 210 cm³/mol. The number of halogens is 2. The second kappa shape index (κ2) is 16.2. The molecule has 3 saturated heterocycles. The first-order valence-corrected chi connectivity index (χ1v) is 20.9. The first-order valence-electron chi connectivity index (χ1n) is 18.4. The van der Waals surface area contributed by atoms with Gasteiger partial charge in [-0.05, 0) is 75.5 Å². The molecule has 24 heteroatoms. The summed E-state index contributed by atoms with van der Waals surface area (Å²) in [7, 11) is -4.84. The maximum Gasteiger partial charge on any atom is 0.423 e. The second-order valence-corrected chi connectivity index (χ2v) is 18.2. The Bertz CT molecular complexity index is 2480. The molecular formula is C35H41BrClN9O12S. The Hall–Kier alpha value is -4.52. The number of nitrogens with zero attached hydrogens (tertiary/aromatic N) is 7. The number of fused-ring (bicyclic) bond motifs is 3. The van der Waals surface area contributed by atoms with E-state index in [1.54, 1.807) is 50.0 Å². The van der Waals surface area contributed by atoms with Crippen LogP contribution in [0.5, 0.6) is 0 Å². The number of nitrogens with two attached hydrogens (primary N) is 1. The number of rotatable bonds is 10. The van der Waals surface area contributed by atoms with Crippen molar-refractivity contribution in [2.45, 2.75) is 108 Å². The number of ketones is 1. The number of hydrogen-bond acceptors (Lipinski definition) is 17. The number of piperidine rings is 1. The van der Waals surface area contributed by atoms with Crippen LogP contribution in [-0.2, 0) is 49.5 Å². The number of aromatic nitrogens is 6. The Labute approximate surface area is 350 Å². The number of hydrogen-bond donors (Lipinski definition) is 2. The van der Waals surface area contributed by atoms with Crippen LogP contribution < -0.4 is 16.0 Å². The van der Waals surface area contributed by atoms with Gasteiger partial charge in [-0.15, -0.1) is 0 Å². The summed E-state index contributed by atoms with van der Waals surface area (Å²) in [5.74, 6) is -1.44. The van der Waals surface area contributed by atoms with Gasteiger partial charge in [0.15, 0.2) is 29.3 Å². The van der Waals surface area contributed by atoms with Crippen LogP contribution in [0.25, 0.3) is 22.1 Å². The van der Waals surface area contributed by atoms with Gasteiger partial charge in [-0.2, -0.15) is 13.1 Å². The Morgan fingerprint density at radius 3 is 2.59 bits per heavy atom. The molecule has 21 nitrogen and oxygen atoms in total. The summed E-state index contributed by atoms with van der Waals surface area (Å²) in [4.78, 5) is 71.4. The van der Waals surface area contributed by atoms with Crippen molar-refractivity contribution in [1.82, 2.24) is 38.7 Å². The largest absolute Gasteiger partial charge is 0.444 e. The molecule has 7 rings (SSSR count). The number of benzene rings is 1. The molecule has 0 spiro atoms. The molecule has 3 aliphatic heterocycles. The van der Waals surface area contributed by atoms with Crippen LogP contribution in [0.1, 0.15) is 60.1 Å². The fourth-order valence-corrected chi connectivity index (χ4v) is 8.34. The second-order valence-electron chi connectivity index (χ2n) is 15.6. The van der Waals surface area contributed by atoms with Gasteiger partial charge in [-0.3, -0.25) is 22.9 Å². The molecule has 3 aromatic heterocycles. The van der Waals surface area contributed by atoms with Crippen LogP contribution in [0, 0.1) is 0 Å². The molecule has 4 aromatic rings. The molecule has 59 heavy (non-hydrogen) atoms. The zero-order chi connectivity index (χ0) is 42.6. The molecule has 1 aromatic carbocycles. The SMILES string of the molecule is CC(C)(C)OC(=O)N1CCC[C@@H](OC(=O)NS(=O)(=O)OC[C@H]2O[C@@H](n3cnc4c(N)ncnc43)[C@@H]3OC(C)(C)O[C@@H]32)[C@@H]1CC(=O)Cn1cnc2cc(Br)c(Cl)cc2c1=O. The highest BCUT2D eigenvalue weighted by Gasteiger charge is 2.56. The number of imidazole rings is 1. The highest BCUT2D eigenvalue weighted by atomic mass is 79.9. The van der Waals surface area contributed by atoms with E-state index in [4.69, 9.17) is 45.2 Å². The van der Waals surface area contributed by atoms with Gasteiger partial charge in [0.05, 0.1) is 47.8 Å². The van der Waals surface area contributed by atoms with Gasteiger partial charge >= 0.3 is 22.5 Å². The third kappa shape index (κ3) is 9.30. The first kappa shape index (κ1) is 42.6. The number of amides is 2. The molecule has 0 unspecified atom stereocenters. The number of Topliss-reactive ketones (excluding diaryl/α,β-unsaturated/α-hetero) is 1. The summed E-state index contributed by atoms with van der Waals surface area (Å²) in [6.07, 6.45) is -2.83. The summed E-state index contributed by atoms with van der Waals surface area (Å²) in [6.45, 7) is 7.47. The molecule has 2 amide bonds. The minimum Gasteiger partial charge on any atom is -0.444 e. The summed E-state index contributed by atoms with van der Waals surface area (Å²) in [5, 5.41) is 0.459. The number of likely N-dealkylation sites (tertiary alicyclic amines) is 1. The van der Waals surface area contributed by atoms with Crippen LogP contribution in [0.3, 0.4) is 0 Å². The van der Waals surface area contributed by atoms with Gasteiger partial charge < -0.3 is 34.3 Å². The van der Waals surface area contributed by atoms with E-state index in [9.17, 15) is 27.6 Å². The van der Waals surface area contributed by atoms with Gasteiger partial charge in [0.1, 0.15) is 41.9 Å². The minimum atomic E-state index is -4.84. The average molecular weight is 927 g/mol. The molecule has 6 heterocycles. The average Bonchev–Trinajstić information content (AvgIpc) is 3.80. The highest BCUT2D eigenvalue weighted by Crippen LogP contribution is 2.44. The van der Waals surface area contributed by atoms with E-state index in [0.717, 1.165) is 4.57 Å². The molecule has 0 aliphatic carbocycles. The summed E-state index contributed by atoms with van der Waals surface area (Å²) >= 11 is 9.50. The molecule has 0 radical (unpaired) electrons. The fourth-order valence-electron chi connectivity index (χ4n) is 7.23. The quantitative estimate of drug-likeness (QED) is 0.231. The maximum atomic E-state index is 13.6. The van der Waals surface area contributed by atoms with Crippen LogP contribution in [0.15, 0.2) is 40.4 Å². The van der Waals surface area contributed by atoms with Crippen molar-refractivity contribution >= 4 is 83.7 Å². The highest BCUT2D eigenvalue weighted by molar-refractivity contribution is 9.10. The van der Waals surface area contributed by atoms with Gasteiger partial charge in [0.2, 0.25) is 0 Å². The van der Waals surface area contributed by atoms with Gasteiger partial charge in [-0.25, -0.2) is 29.5 Å². The normalized spacial score (nSPS) is 24.3. The molecule has 318 valence electrons. The van der Waals surface area contributed by atoms with Crippen molar-refractivity contribution < 1.29 is 50.7 Å². The van der Waals surface area contributed by atoms with Crippen LogP contribution in [-0.4, -0.2) is 115 Å². The van der Waals surface area contributed by atoms with Crippen molar-refractivity contribution in [2.24, 2.45) is 0 Å². The Balaban J connectivity index is 1.03. The molecule has 3 fully saturated rings. The molecule has 3 aliphatic rings. The van der Waals surface area contributed by atoms with Crippen LogP contribution >= 0.6 is 27.5 Å². The van der Waals surface area contributed by atoms with E-state index in [0.29, 0.717) is 27.6 Å². The summed E-state index contributed by atoms with van der Waals surface area (Å²) < 4.78 is 65.9. The third-order valence-corrected chi connectivity index (χ3v) is 11.7. The lowest BCUT2D eigenvalue weighted by molar-refractivity contribution is -0.198. The van der Waals surface area contributed by atoms with Crippen molar-refractivity contribution in [1.29, 1.82) is 0 Å². The molecule has 6 atom stereocenters. The van der Waals surface area contributed by atoms with Gasteiger partial charge in [0.25, 0.3) is 5.56 Å². The minimum absolute atomic E-state index is 0.142. The molecule has 0 saturated carbocycles. The number of anilines is 1. The molecular weight excluding hydrogens is 886 g/mol. The predicted octanol–water partition coefficient (Wildman–Crippen LogP) is 3.37. The topological polar surface area (TPSA) is 261 Å². The van der Waals surface area contributed by atoms with E-state index < -0.39 is 101 Å². The molecule has 0 bridgehead atoms.